The van der Waals surface area contributed by atoms with Gasteiger partial charge in [-0.05, 0) is 36.1 Å². The van der Waals surface area contributed by atoms with E-state index in [-0.39, 0.29) is 36.2 Å². The van der Waals surface area contributed by atoms with Crippen molar-refractivity contribution in [2.75, 3.05) is 11.9 Å². The van der Waals surface area contributed by atoms with E-state index in [1.54, 1.807) is 48.5 Å². The molecule has 182 valence electrons. The molecule has 2 aromatic heterocycles. The maximum Gasteiger partial charge on any atom is 0.261 e. The zero-order valence-electron chi connectivity index (χ0n) is 19.5. The summed E-state index contributed by atoms with van der Waals surface area (Å²) in [6, 6.07) is 17.8. The molecule has 10 heteroatoms. The summed E-state index contributed by atoms with van der Waals surface area (Å²) in [6.45, 7) is 0.119. The van der Waals surface area contributed by atoms with E-state index in [1.807, 2.05) is 12.1 Å². The lowest BCUT2D eigenvalue weighted by molar-refractivity contribution is -0.116. The third kappa shape index (κ3) is 3.75. The van der Waals surface area contributed by atoms with Crippen LogP contribution in [0.4, 0.5) is 5.69 Å². The lowest BCUT2D eigenvalue weighted by atomic mass is 9.94. The first kappa shape index (κ1) is 22.4. The van der Waals surface area contributed by atoms with Crippen molar-refractivity contribution in [3.8, 4) is 5.69 Å². The highest BCUT2D eigenvalue weighted by Crippen LogP contribution is 2.30. The molecule has 1 aliphatic heterocycles. The van der Waals surface area contributed by atoms with Crippen LogP contribution >= 0.6 is 0 Å². The molecule has 3 amide bonds. The Balaban J connectivity index is 1.17. The fraction of sp³-hybridized carbons (Fsp3) is 0.111. The predicted octanol–water partition coefficient (Wildman–Crippen LogP) is 3.28. The van der Waals surface area contributed by atoms with Crippen LogP contribution in [0.3, 0.4) is 0 Å². The zero-order valence-corrected chi connectivity index (χ0v) is 19.5. The van der Waals surface area contributed by atoms with E-state index in [1.165, 1.54) is 22.1 Å². The van der Waals surface area contributed by atoms with Gasteiger partial charge in [-0.3, -0.25) is 24.1 Å². The summed E-state index contributed by atoms with van der Waals surface area (Å²) in [5.41, 5.74) is 2.08. The van der Waals surface area contributed by atoms with Crippen LogP contribution in [-0.4, -0.2) is 48.9 Å². The van der Waals surface area contributed by atoms with Gasteiger partial charge in [-0.1, -0.05) is 36.4 Å². The lowest BCUT2D eigenvalue weighted by Gasteiger charge is -2.27. The van der Waals surface area contributed by atoms with Crippen molar-refractivity contribution in [1.82, 2.24) is 24.6 Å². The number of hydrogen-bond acceptors (Lipinski definition) is 6. The average molecular weight is 492 g/mol. The number of carbonyl (C=O) groups is 3. The second-order valence-corrected chi connectivity index (χ2v) is 8.67. The van der Waals surface area contributed by atoms with Gasteiger partial charge in [-0.2, -0.15) is 5.10 Å². The summed E-state index contributed by atoms with van der Waals surface area (Å²) >= 11 is 0. The number of rotatable bonds is 6. The number of aromatic amines is 1. The van der Waals surface area contributed by atoms with Gasteiger partial charge in [0.1, 0.15) is 5.39 Å². The Hall–Kier alpha value is -5.12. The van der Waals surface area contributed by atoms with Crippen molar-refractivity contribution < 1.29 is 14.4 Å². The molecule has 5 aromatic rings. The van der Waals surface area contributed by atoms with Crippen molar-refractivity contribution in [2.45, 2.75) is 12.8 Å². The number of nitrogens with zero attached hydrogens (tertiary/aromatic N) is 4. The van der Waals surface area contributed by atoms with Crippen molar-refractivity contribution in [2.24, 2.45) is 0 Å². The molecular formula is C27H20N6O4. The van der Waals surface area contributed by atoms with Crippen molar-refractivity contribution >= 4 is 45.2 Å². The van der Waals surface area contributed by atoms with Crippen LogP contribution in [0.5, 0.6) is 0 Å². The third-order valence-electron chi connectivity index (χ3n) is 6.42. The molecule has 0 fully saturated rings. The smallest absolute Gasteiger partial charge is 0.261 e. The van der Waals surface area contributed by atoms with Crippen molar-refractivity contribution in [3.63, 3.8) is 0 Å². The van der Waals surface area contributed by atoms with E-state index >= 15 is 0 Å². The van der Waals surface area contributed by atoms with Gasteiger partial charge in [0.05, 0.1) is 23.9 Å². The lowest BCUT2D eigenvalue weighted by Crippen LogP contribution is -2.41. The Kier molecular flexibility index (Phi) is 5.33. The molecule has 0 bridgehead atoms. The molecule has 10 nitrogen and oxygen atoms in total. The molecule has 0 radical (unpaired) electrons. The largest absolute Gasteiger partial charge is 0.324 e. The van der Waals surface area contributed by atoms with E-state index in [4.69, 9.17) is 0 Å². The Morgan fingerprint density at radius 2 is 1.65 bits per heavy atom. The fourth-order valence-corrected chi connectivity index (χ4v) is 4.69. The highest BCUT2D eigenvalue weighted by atomic mass is 16.2. The SMILES string of the molecule is O=C(CCCN1C(=O)c2cccc3cccc(c23)C1=O)Nc1ccccc1-n1ncc2c(=O)[nH]cnc21. The third-order valence-corrected chi connectivity index (χ3v) is 6.42. The molecule has 0 saturated carbocycles. The number of aromatic nitrogens is 4. The van der Waals surface area contributed by atoms with Crippen LogP contribution in [0, 0.1) is 0 Å². The number of benzene rings is 3. The summed E-state index contributed by atoms with van der Waals surface area (Å²) < 4.78 is 1.49. The number of anilines is 1. The molecule has 0 saturated heterocycles. The van der Waals surface area contributed by atoms with Crippen LogP contribution in [0.15, 0.2) is 78.0 Å². The second kappa shape index (κ2) is 8.83. The summed E-state index contributed by atoms with van der Waals surface area (Å²) in [7, 11) is 0. The van der Waals surface area contributed by atoms with Gasteiger partial charge in [0.25, 0.3) is 17.4 Å². The molecule has 1 aliphatic rings. The Labute approximate surface area is 209 Å². The van der Waals surface area contributed by atoms with Gasteiger partial charge < -0.3 is 10.3 Å². The maximum absolute atomic E-state index is 13.1. The fourth-order valence-electron chi connectivity index (χ4n) is 4.69. The molecule has 2 N–H and O–H groups in total. The Bertz CT molecular complexity index is 1740. The van der Waals surface area contributed by atoms with Crippen molar-refractivity contribution in [3.05, 3.63) is 94.7 Å². The average Bonchev–Trinajstić information content (AvgIpc) is 3.35. The number of H-pyrrole nitrogens is 1. The van der Waals surface area contributed by atoms with Crippen LogP contribution in [0.1, 0.15) is 33.6 Å². The number of hydrogen-bond donors (Lipinski definition) is 2. The van der Waals surface area contributed by atoms with Crippen LogP contribution in [-0.2, 0) is 4.79 Å². The van der Waals surface area contributed by atoms with E-state index < -0.39 is 0 Å². The summed E-state index contributed by atoms with van der Waals surface area (Å²) in [5.74, 6) is -0.990. The minimum Gasteiger partial charge on any atom is -0.324 e. The van der Waals surface area contributed by atoms with Crippen LogP contribution in [0.2, 0.25) is 0 Å². The molecule has 0 spiro atoms. The van der Waals surface area contributed by atoms with Gasteiger partial charge in [0.15, 0.2) is 5.65 Å². The first-order valence-corrected chi connectivity index (χ1v) is 11.7. The van der Waals surface area contributed by atoms with Gasteiger partial charge >= 0.3 is 0 Å². The van der Waals surface area contributed by atoms with E-state index in [0.29, 0.717) is 45.3 Å². The summed E-state index contributed by atoms with van der Waals surface area (Å²) in [6.07, 6.45) is 3.11. The van der Waals surface area contributed by atoms with E-state index in [2.05, 4.69) is 20.4 Å². The first-order chi connectivity index (χ1) is 18.0. The molecule has 0 atom stereocenters. The van der Waals surface area contributed by atoms with E-state index in [9.17, 15) is 19.2 Å². The number of imide groups is 1. The van der Waals surface area contributed by atoms with Gasteiger partial charge in [-0.25, -0.2) is 9.67 Å². The minimum atomic E-state index is -0.354. The number of para-hydroxylation sites is 2. The standard InChI is InChI=1S/C27H20N6O4/c34-22(31-20-10-1-2-11-21(20)33-24-19(14-30-33)25(35)29-15-28-24)12-5-13-32-26(36)17-8-3-6-16-7-4-9-18(23(16)17)27(32)37/h1-4,6-11,14-15H,5,12-13H2,(H,31,34)(H,28,29,35). The van der Waals surface area contributed by atoms with E-state index in [0.717, 1.165) is 5.39 Å². The van der Waals surface area contributed by atoms with Gasteiger partial charge in [-0.15, -0.1) is 0 Å². The number of fused-ring (bicyclic) bond motifs is 1. The van der Waals surface area contributed by atoms with Crippen molar-refractivity contribution in [1.29, 1.82) is 0 Å². The molecule has 3 aromatic carbocycles. The molecule has 0 unspecified atom stereocenters. The second-order valence-electron chi connectivity index (χ2n) is 8.67. The first-order valence-electron chi connectivity index (χ1n) is 11.7. The van der Waals surface area contributed by atoms with Crippen LogP contribution < -0.4 is 10.9 Å². The molecular weight excluding hydrogens is 472 g/mol. The minimum absolute atomic E-state index is 0.0923. The topological polar surface area (TPSA) is 130 Å². The Morgan fingerprint density at radius 1 is 0.919 bits per heavy atom. The molecule has 6 rings (SSSR count). The van der Waals surface area contributed by atoms with Gasteiger partial charge in [0.2, 0.25) is 5.91 Å². The normalized spacial score (nSPS) is 12.9. The number of carbonyl (C=O) groups excluding carboxylic acids is 3. The van der Waals surface area contributed by atoms with Crippen LogP contribution in [0.25, 0.3) is 27.5 Å². The highest BCUT2D eigenvalue weighted by molar-refractivity contribution is 6.25. The quantitative estimate of drug-likeness (QED) is 0.350. The number of amides is 3. The van der Waals surface area contributed by atoms with Gasteiger partial charge in [0, 0.05) is 29.5 Å². The molecule has 3 heterocycles. The molecule has 37 heavy (non-hydrogen) atoms. The molecule has 0 aliphatic carbocycles. The predicted molar refractivity (Wildman–Crippen MR) is 137 cm³/mol. The zero-order chi connectivity index (χ0) is 25.5. The number of nitrogens with one attached hydrogen (secondary N) is 2. The Morgan fingerprint density at radius 3 is 2.41 bits per heavy atom. The maximum atomic E-state index is 13.1. The summed E-state index contributed by atoms with van der Waals surface area (Å²) in [5, 5.41) is 8.99. The summed E-state index contributed by atoms with van der Waals surface area (Å²) in [4.78, 5) is 58.9. The monoisotopic (exact) mass is 492 g/mol. The highest BCUT2D eigenvalue weighted by Gasteiger charge is 2.32.